The molecule has 0 aliphatic rings. The van der Waals surface area contributed by atoms with E-state index in [1.54, 1.807) is 45.0 Å². The van der Waals surface area contributed by atoms with Gasteiger partial charge in [0.15, 0.2) is 5.11 Å². The van der Waals surface area contributed by atoms with Crippen molar-refractivity contribution in [2.45, 2.75) is 30.7 Å². The molecule has 0 spiro atoms. The van der Waals surface area contributed by atoms with Gasteiger partial charge < -0.3 is 16.0 Å². The van der Waals surface area contributed by atoms with E-state index in [1.807, 2.05) is 0 Å². The van der Waals surface area contributed by atoms with E-state index >= 15 is 0 Å². The maximum atomic E-state index is 12.1. The lowest BCUT2D eigenvalue weighted by Gasteiger charge is -2.30. The van der Waals surface area contributed by atoms with Crippen molar-refractivity contribution in [2.75, 3.05) is 5.32 Å². The van der Waals surface area contributed by atoms with Crippen LogP contribution < -0.4 is 16.0 Å². The molecule has 4 nitrogen and oxygen atoms in total. The second-order valence-electron chi connectivity index (χ2n) is 5.80. The first-order chi connectivity index (χ1) is 10.4. The van der Waals surface area contributed by atoms with Crippen LogP contribution in [0.4, 0.5) is 5.69 Å². The van der Waals surface area contributed by atoms with Crippen LogP contribution in [0.2, 0.25) is 5.02 Å². The molecular formula is C14H17Cl4N3OS. The van der Waals surface area contributed by atoms with E-state index in [1.165, 1.54) is 0 Å². The van der Waals surface area contributed by atoms with E-state index in [4.69, 9.17) is 58.6 Å². The molecule has 1 aromatic rings. The van der Waals surface area contributed by atoms with Crippen LogP contribution in [0.5, 0.6) is 0 Å². The summed E-state index contributed by atoms with van der Waals surface area (Å²) in [5.41, 5.74) is 0.0678. The van der Waals surface area contributed by atoms with Crippen molar-refractivity contribution in [1.82, 2.24) is 10.6 Å². The molecule has 1 atom stereocenters. The number of amides is 1. The Morgan fingerprint density at radius 3 is 2.04 bits per heavy atom. The minimum Gasteiger partial charge on any atom is -0.339 e. The highest BCUT2D eigenvalue weighted by Crippen LogP contribution is 2.30. The van der Waals surface area contributed by atoms with E-state index < -0.39 is 15.4 Å². The molecule has 0 saturated heterocycles. The van der Waals surface area contributed by atoms with Crippen molar-refractivity contribution < 1.29 is 4.79 Å². The average Bonchev–Trinajstić information content (AvgIpc) is 2.38. The first-order valence-electron chi connectivity index (χ1n) is 6.60. The molecule has 0 radical (unpaired) electrons. The van der Waals surface area contributed by atoms with Crippen LogP contribution in [0.25, 0.3) is 0 Å². The summed E-state index contributed by atoms with van der Waals surface area (Å²) < 4.78 is -1.79. The Morgan fingerprint density at radius 1 is 1.09 bits per heavy atom. The molecule has 128 valence electrons. The monoisotopic (exact) mass is 415 g/mol. The van der Waals surface area contributed by atoms with E-state index in [9.17, 15) is 4.79 Å². The molecule has 0 fully saturated rings. The highest BCUT2D eigenvalue weighted by atomic mass is 35.6. The molecule has 1 aromatic carbocycles. The van der Waals surface area contributed by atoms with E-state index in [2.05, 4.69) is 16.0 Å². The van der Waals surface area contributed by atoms with Gasteiger partial charge >= 0.3 is 0 Å². The molecule has 0 bridgehead atoms. The third kappa shape index (κ3) is 7.31. The summed E-state index contributed by atoms with van der Waals surface area (Å²) in [6, 6.07) is 6.91. The van der Waals surface area contributed by atoms with Crippen LogP contribution in [-0.4, -0.2) is 21.0 Å². The van der Waals surface area contributed by atoms with Gasteiger partial charge in [0.2, 0.25) is 9.70 Å². The van der Waals surface area contributed by atoms with Crippen LogP contribution in [0.1, 0.15) is 20.8 Å². The highest BCUT2D eigenvalue weighted by Gasteiger charge is 2.36. The van der Waals surface area contributed by atoms with E-state index in [-0.39, 0.29) is 11.0 Å². The molecule has 0 aliphatic heterocycles. The minimum absolute atomic E-state index is 0.192. The summed E-state index contributed by atoms with van der Waals surface area (Å²) >= 11 is 28.7. The fourth-order valence-electron chi connectivity index (χ4n) is 1.38. The Balaban J connectivity index is 2.75. The summed E-state index contributed by atoms with van der Waals surface area (Å²) in [4.78, 5) is 12.1. The van der Waals surface area contributed by atoms with Crippen molar-refractivity contribution in [1.29, 1.82) is 0 Å². The molecule has 3 N–H and O–H groups in total. The lowest BCUT2D eigenvalue weighted by atomic mass is 9.95. The smallest absolute Gasteiger partial charge is 0.228 e. The van der Waals surface area contributed by atoms with Gasteiger partial charge in [-0.3, -0.25) is 4.79 Å². The molecular weight excluding hydrogens is 400 g/mol. The number of hydrogen-bond donors (Lipinski definition) is 3. The number of halogens is 4. The molecule has 1 unspecified atom stereocenters. The predicted molar refractivity (Wildman–Crippen MR) is 102 cm³/mol. The fraction of sp³-hybridized carbons (Fsp3) is 0.429. The minimum atomic E-state index is -1.79. The molecule has 1 rings (SSSR count). The number of alkyl halides is 3. The summed E-state index contributed by atoms with van der Waals surface area (Å²) in [6.07, 6.45) is -0.994. The third-order valence-electron chi connectivity index (χ3n) is 2.66. The first kappa shape index (κ1) is 20.6. The number of anilines is 1. The maximum absolute atomic E-state index is 12.1. The van der Waals surface area contributed by atoms with E-state index in [0.717, 1.165) is 0 Å². The second-order valence-corrected chi connectivity index (χ2v) is 9.02. The summed E-state index contributed by atoms with van der Waals surface area (Å²) in [7, 11) is 0. The highest BCUT2D eigenvalue weighted by molar-refractivity contribution is 7.80. The lowest BCUT2D eigenvalue weighted by molar-refractivity contribution is -0.129. The number of benzene rings is 1. The maximum Gasteiger partial charge on any atom is 0.228 e. The SMILES string of the molecule is CC(C)(C)C(=O)NC(NC(=S)Nc1ccc(Cl)cc1)C(Cl)(Cl)Cl. The van der Waals surface area contributed by atoms with Crippen LogP contribution in [0.15, 0.2) is 24.3 Å². The van der Waals surface area contributed by atoms with Crippen LogP contribution in [-0.2, 0) is 4.79 Å². The molecule has 23 heavy (non-hydrogen) atoms. The number of thiocarbonyl (C=S) groups is 1. The molecule has 0 aromatic heterocycles. The molecule has 0 saturated carbocycles. The van der Waals surface area contributed by atoms with Crippen molar-refractivity contribution in [3.05, 3.63) is 29.3 Å². The third-order valence-corrected chi connectivity index (χ3v) is 3.79. The summed E-state index contributed by atoms with van der Waals surface area (Å²) in [5, 5.41) is 9.12. The Labute approximate surface area is 161 Å². The standard InChI is InChI=1S/C14H17Cl4N3OS/c1-13(2,3)11(22)20-10(14(16,17)18)21-12(23)19-9-6-4-8(15)5-7-9/h4-7,10H,1-3H3,(H,20,22)(H2,19,21,23). The van der Waals surface area contributed by atoms with Crippen LogP contribution in [0.3, 0.4) is 0 Å². The molecule has 9 heteroatoms. The number of carbonyl (C=O) groups is 1. The van der Waals surface area contributed by atoms with Gasteiger partial charge in [0.1, 0.15) is 6.17 Å². The number of hydrogen-bond acceptors (Lipinski definition) is 2. The summed E-state index contributed by atoms with van der Waals surface area (Å²) in [5.74, 6) is -0.282. The zero-order valence-electron chi connectivity index (χ0n) is 12.7. The van der Waals surface area contributed by atoms with Gasteiger partial charge in [-0.1, -0.05) is 67.2 Å². The molecule has 1 amide bonds. The van der Waals surface area contributed by atoms with Gasteiger partial charge in [0.05, 0.1) is 0 Å². The number of rotatable bonds is 3. The number of nitrogens with one attached hydrogen (secondary N) is 3. The van der Waals surface area contributed by atoms with Crippen molar-refractivity contribution in [3.63, 3.8) is 0 Å². The van der Waals surface area contributed by atoms with Crippen molar-refractivity contribution in [2.24, 2.45) is 5.41 Å². The summed E-state index contributed by atoms with van der Waals surface area (Å²) in [6.45, 7) is 5.26. The zero-order valence-corrected chi connectivity index (χ0v) is 16.6. The molecule has 0 aliphatic carbocycles. The molecule has 0 heterocycles. The lowest BCUT2D eigenvalue weighted by Crippen LogP contribution is -2.58. The zero-order chi connectivity index (χ0) is 17.8. The van der Waals surface area contributed by atoms with Crippen LogP contribution in [0, 0.1) is 5.41 Å². The number of carbonyl (C=O) groups excluding carboxylic acids is 1. The quantitative estimate of drug-likeness (QED) is 0.386. The predicted octanol–water partition coefficient (Wildman–Crippen LogP) is 4.49. The second kappa shape index (κ2) is 8.08. The van der Waals surface area contributed by atoms with Gasteiger partial charge in [-0.25, -0.2) is 0 Å². The van der Waals surface area contributed by atoms with Gasteiger partial charge in [-0.05, 0) is 36.5 Å². The van der Waals surface area contributed by atoms with Gasteiger partial charge in [0, 0.05) is 16.1 Å². The van der Waals surface area contributed by atoms with Crippen molar-refractivity contribution >= 4 is 75.3 Å². The Kier molecular flexibility index (Phi) is 7.23. The average molecular weight is 417 g/mol. The first-order valence-corrected chi connectivity index (χ1v) is 8.52. The van der Waals surface area contributed by atoms with Gasteiger partial charge in [0.25, 0.3) is 0 Å². The Bertz CT molecular complexity index is 567. The van der Waals surface area contributed by atoms with E-state index in [0.29, 0.717) is 10.7 Å². The van der Waals surface area contributed by atoms with Gasteiger partial charge in [-0.2, -0.15) is 0 Å². The fourth-order valence-corrected chi connectivity index (χ4v) is 2.07. The van der Waals surface area contributed by atoms with Gasteiger partial charge in [-0.15, -0.1) is 0 Å². The largest absolute Gasteiger partial charge is 0.339 e. The topological polar surface area (TPSA) is 53.2 Å². The Hall–Kier alpha value is -0.460. The Morgan fingerprint density at radius 2 is 1.61 bits per heavy atom. The van der Waals surface area contributed by atoms with Crippen molar-refractivity contribution in [3.8, 4) is 0 Å². The van der Waals surface area contributed by atoms with Crippen LogP contribution >= 0.6 is 58.6 Å². The normalized spacial score (nSPS) is 13.2.